The van der Waals surface area contributed by atoms with Crippen LogP contribution in [0.25, 0.3) is 10.8 Å². The maximum atomic E-state index is 12.7. The van der Waals surface area contributed by atoms with Crippen molar-refractivity contribution in [1.82, 2.24) is 15.6 Å². The van der Waals surface area contributed by atoms with Gasteiger partial charge < -0.3 is 20.2 Å². The van der Waals surface area contributed by atoms with E-state index in [0.29, 0.717) is 24.8 Å². The molecule has 1 atom stereocenters. The summed E-state index contributed by atoms with van der Waals surface area (Å²) < 4.78 is 5.20. The summed E-state index contributed by atoms with van der Waals surface area (Å²) in [6.07, 6.45) is 1.55. The second-order valence-electron chi connectivity index (χ2n) is 7.67. The normalized spacial score (nSPS) is 11.4. The number of carbonyl (C=O) groups is 3. The molecule has 0 spiro atoms. The van der Waals surface area contributed by atoms with Crippen LogP contribution in [0.2, 0.25) is 0 Å². The zero-order valence-corrected chi connectivity index (χ0v) is 18.3. The van der Waals surface area contributed by atoms with E-state index < -0.39 is 12.1 Å². The molecular weight excluding hydrogens is 430 g/mol. The van der Waals surface area contributed by atoms with Crippen molar-refractivity contribution in [2.45, 2.75) is 19.0 Å². The van der Waals surface area contributed by atoms with Crippen LogP contribution in [0.1, 0.15) is 21.5 Å². The second-order valence-corrected chi connectivity index (χ2v) is 7.67. The Labute approximate surface area is 196 Å². The third kappa shape index (κ3) is 5.83. The summed E-state index contributed by atoms with van der Waals surface area (Å²) in [4.78, 5) is 40.3. The quantitative estimate of drug-likeness (QED) is 0.392. The molecule has 0 aliphatic carbocycles. The number of ether oxygens (including phenoxy) is 1. The zero-order chi connectivity index (χ0) is 23.8. The van der Waals surface area contributed by atoms with Crippen LogP contribution in [0.3, 0.4) is 0 Å². The minimum atomic E-state index is -0.825. The van der Waals surface area contributed by atoms with E-state index in [1.807, 2.05) is 72.8 Å². The highest BCUT2D eigenvalue weighted by Gasteiger charge is 2.15. The van der Waals surface area contributed by atoms with Crippen LogP contribution in [-0.4, -0.2) is 29.3 Å². The van der Waals surface area contributed by atoms with E-state index in [2.05, 4.69) is 15.6 Å². The number of carbonyl (C=O) groups excluding carboxylic acids is 3. The van der Waals surface area contributed by atoms with Crippen molar-refractivity contribution >= 4 is 29.1 Å². The number of nitrogens with one attached hydrogen (secondary N) is 2. The molecule has 0 saturated heterocycles. The summed E-state index contributed by atoms with van der Waals surface area (Å²) in [5.74, 6) is -0.366. The summed E-state index contributed by atoms with van der Waals surface area (Å²) in [6.45, 7) is 0.347. The van der Waals surface area contributed by atoms with Crippen LogP contribution in [0.4, 0.5) is 4.79 Å². The summed E-state index contributed by atoms with van der Waals surface area (Å²) in [6, 6.07) is 25.4. The van der Waals surface area contributed by atoms with Gasteiger partial charge in [0.2, 0.25) is 5.88 Å². The number of aldehydes is 1. The topological polar surface area (TPSA) is 97.4 Å². The Balaban J connectivity index is 1.35. The minimum Gasteiger partial charge on any atom is -0.391 e. The Bertz CT molecular complexity index is 1300. The Kier molecular flexibility index (Phi) is 7.25. The molecule has 0 unspecified atom stereocenters. The van der Waals surface area contributed by atoms with Gasteiger partial charge in [-0.05, 0) is 34.4 Å². The lowest BCUT2D eigenvalue weighted by molar-refractivity contribution is -0.109. The first-order valence-corrected chi connectivity index (χ1v) is 10.8. The van der Waals surface area contributed by atoms with E-state index in [9.17, 15) is 14.4 Å². The van der Waals surface area contributed by atoms with Crippen LogP contribution in [0, 0.1) is 0 Å². The van der Waals surface area contributed by atoms with Gasteiger partial charge >= 0.3 is 6.09 Å². The van der Waals surface area contributed by atoms with Gasteiger partial charge in [0.15, 0.2) is 0 Å². The number of pyridine rings is 1. The fourth-order valence-corrected chi connectivity index (χ4v) is 3.61. The number of fused-ring (bicyclic) bond motifs is 1. The number of rotatable bonds is 8. The Hall–Kier alpha value is -4.52. The number of nitrogens with zero attached hydrogens (tertiary/aromatic N) is 1. The summed E-state index contributed by atoms with van der Waals surface area (Å²) in [5.41, 5.74) is 2.20. The van der Waals surface area contributed by atoms with E-state index >= 15 is 0 Å². The van der Waals surface area contributed by atoms with Gasteiger partial charge in [0.05, 0.1) is 6.04 Å². The van der Waals surface area contributed by atoms with Crippen molar-refractivity contribution in [1.29, 1.82) is 0 Å². The van der Waals surface area contributed by atoms with Crippen molar-refractivity contribution < 1.29 is 19.1 Å². The first kappa shape index (κ1) is 22.7. The maximum absolute atomic E-state index is 12.7. The molecule has 7 heteroatoms. The van der Waals surface area contributed by atoms with Gasteiger partial charge in [-0.25, -0.2) is 9.78 Å². The Morgan fingerprint density at radius 3 is 2.53 bits per heavy atom. The molecule has 1 aromatic heterocycles. The molecule has 2 N–H and O–H groups in total. The lowest BCUT2D eigenvalue weighted by atomic mass is 10.0. The first-order valence-electron chi connectivity index (χ1n) is 10.8. The lowest BCUT2D eigenvalue weighted by Gasteiger charge is -2.13. The van der Waals surface area contributed by atoms with Crippen LogP contribution in [0.5, 0.6) is 5.88 Å². The third-order valence-electron chi connectivity index (χ3n) is 5.28. The molecule has 4 aromatic rings. The van der Waals surface area contributed by atoms with Crippen molar-refractivity contribution in [3.8, 4) is 5.88 Å². The number of aromatic nitrogens is 1. The van der Waals surface area contributed by atoms with E-state index in [0.717, 1.165) is 21.9 Å². The molecule has 0 radical (unpaired) electrons. The van der Waals surface area contributed by atoms with Gasteiger partial charge in [-0.15, -0.1) is 0 Å². The molecule has 0 saturated carbocycles. The van der Waals surface area contributed by atoms with Gasteiger partial charge in [-0.1, -0.05) is 72.8 Å². The molecule has 0 aliphatic rings. The molecule has 4 rings (SSSR count). The fourth-order valence-electron chi connectivity index (χ4n) is 3.61. The van der Waals surface area contributed by atoms with Gasteiger partial charge in [-0.3, -0.25) is 4.79 Å². The SMILES string of the molecule is O=C[C@H](Cc1ccccc1)NC(=O)Oc1cc(C(=O)NCc2cccc3ccccc23)ccn1. The van der Waals surface area contributed by atoms with Crippen molar-refractivity contribution in [3.63, 3.8) is 0 Å². The standard InChI is InChI=1S/C27H23N3O4/c31-18-23(15-19-7-2-1-3-8-19)30-27(33)34-25-16-21(13-14-28-25)26(32)29-17-22-11-6-10-20-9-4-5-12-24(20)22/h1-14,16,18,23H,15,17H2,(H,29,32)(H,30,33)/t23-/m0/s1. The van der Waals surface area contributed by atoms with E-state index in [-0.39, 0.29) is 11.8 Å². The summed E-state index contributed by atoms with van der Waals surface area (Å²) in [7, 11) is 0. The number of hydrogen-bond donors (Lipinski definition) is 2. The molecule has 0 aliphatic heterocycles. The summed E-state index contributed by atoms with van der Waals surface area (Å²) in [5, 5.41) is 7.56. The van der Waals surface area contributed by atoms with Crippen molar-refractivity contribution in [2.75, 3.05) is 0 Å². The molecule has 0 bridgehead atoms. The number of hydrogen-bond acceptors (Lipinski definition) is 5. The average Bonchev–Trinajstić information content (AvgIpc) is 2.87. The smallest absolute Gasteiger partial charge is 0.391 e. The fraction of sp³-hybridized carbons (Fsp3) is 0.111. The highest BCUT2D eigenvalue weighted by molar-refractivity contribution is 5.95. The zero-order valence-electron chi connectivity index (χ0n) is 18.3. The average molecular weight is 453 g/mol. The molecule has 2 amide bonds. The molecule has 34 heavy (non-hydrogen) atoms. The van der Waals surface area contributed by atoms with Gasteiger partial charge in [-0.2, -0.15) is 0 Å². The van der Waals surface area contributed by atoms with Crippen molar-refractivity contribution in [3.05, 3.63) is 108 Å². The van der Waals surface area contributed by atoms with E-state index in [1.54, 1.807) is 0 Å². The monoisotopic (exact) mass is 453 g/mol. The van der Waals surface area contributed by atoms with Crippen LogP contribution in [-0.2, 0) is 17.8 Å². The molecule has 0 fully saturated rings. The highest BCUT2D eigenvalue weighted by Crippen LogP contribution is 2.18. The number of benzene rings is 3. The van der Waals surface area contributed by atoms with Crippen molar-refractivity contribution in [2.24, 2.45) is 0 Å². The maximum Gasteiger partial charge on any atom is 0.414 e. The number of amides is 2. The van der Waals surface area contributed by atoms with E-state index in [4.69, 9.17) is 4.74 Å². The largest absolute Gasteiger partial charge is 0.414 e. The lowest BCUT2D eigenvalue weighted by Crippen LogP contribution is -2.39. The molecule has 7 nitrogen and oxygen atoms in total. The van der Waals surface area contributed by atoms with Crippen LogP contribution >= 0.6 is 0 Å². The Morgan fingerprint density at radius 2 is 1.71 bits per heavy atom. The molecule has 1 heterocycles. The highest BCUT2D eigenvalue weighted by atomic mass is 16.6. The predicted molar refractivity (Wildman–Crippen MR) is 129 cm³/mol. The summed E-state index contributed by atoms with van der Waals surface area (Å²) >= 11 is 0. The first-order chi connectivity index (χ1) is 16.6. The third-order valence-corrected chi connectivity index (χ3v) is 5.28. The molecule has 3 aromatic carbocycles. The van der Waals surface area contributed by atoms with Gasteiger partial charge in [0.1, 0.15) is 6.29 Å². The predicted octanol–water partition coefficient (Wildman–Crippen LogP) is 4.06. The van der Waals surface area contributed by atoms with Crippen LogP contribution < -0.4 is 15.4 Å². The second kappa shape index (κ2) is 10.9. The van der Waals surface area contributed by atoms with Gasteiger partial charge in [0.25, 0.3) is 5.91 Å². The minimum absolute atomic E-state index is 0.0420. The van der Waals surface area contributed by atoms with Gasteiger partial charge in [0, 0.05) is 24.4 Å². The molecule has 170 valence electrons. The Morgan fingerprint density at radius 1 is 0.941 bits per heavy atom. The van der Waals surface area contributed by atoms with Crippen LogP contribution in [0.15, 0.2) is 91.1 Å². The molecular formula is C27H23N3O4. The van der Waals surface area contributed by atoms with E-state index in [1.165, 1.54) is 18.3 Å².